The summed E-state index contributed by atoms with van der Waals surface area (Å²) in [6.45, 7) is 4.24. The van der Waals surface area contributed by atoms with Gasteiger partial charge in [-0.25, -0.2) is 9.78 Å². The van der Waals surface area contributed by atoms with Gasteiger partial charge in [0.25, 0.3) is 5.91 Å². The summed E-state index contributed by atoms with van der Waals surface area (Å²) in [5.41, 5.74) is 1.44. The molecule has 0 atom stereocenters. The molecule has 0 saturated heterocycles. The Morgan fingerprint density at radius 3 is 2.68 bits per heavy atom. The molecule has 0 radical (unpaired) electrons. The number of hydrogen-bond acceptors (Lipinski definition) is 4. The van der Waals surface area contributed by atoms with Gasteiger partial charge in [0.15, 0.2) is 5.69 Å². The van der Waals surface area contributed by atoms with Crippen molar-refractivity contribution in [3.8, 4) is 0 Å². The molecular formula is C15H15ClN2O3S. The molecule has 116 valence electrons. The van der Waals surface area contributed by atoms with Crippen LogP contribution in [0, 0.1) is 0 Å². The quantitative estimate of drug-likeness (QED) is 0.873. The first-order chi connectivity index (χ1) is 10.4. The lowest BCUT2D eigenvalue weighted by atomic mass is 10.0. The number of nitrogens with zero attached hydrogens (tertiary/aromatic N) is 1. The zero-order chi connectivity index (χ0) is 16.3. The number of carboxylic acids is 1. The number of carbonyl (C=O) groups is 2. The number of carboxylic acid groups (broad SMARTS) is 1. The van der Waals surface area contributed by atoms with Crippen LogP contribution in [0.25, 0.3) is 0 Å². The molecule has 1 heterocycles. The third kappa shape index (κ3) is 3.84. The van der Waals surface area contributed by atoms with Crippen LogP contribution in [0.15, 0.2) is 23.6 Å². The summed E-state index contributed by atoms with van der Waals surface area (Å²) >= 11 is 7.36. The van der Waals surface area contributed by atoms with Gasteiger partial charge in [0.1, 0.15) is 5.01 Å². The van der Waals surface area contributed by atoms with E-state index >= 15 is 0 Å². The maximum atomic E-state index is 12.1. The summed E-state index contributed by atoms with van der Waals surface area (Å²) in [6, 6.07) is 5.20. The highest BCUT2D eigenvalue weighted by molar-refractivity contribution is 7.09. The van der Waals surface area contributed by atoms with E-state index in [2.05, 4.69) is 10.3 Å². The summed E-state index contributed by atoms with van der Waals surface area (Å²) in [5.74, 6) is -1.07. The molecule has 2 rings (SSSR count). The summed E-state index contributed by atoms with van der Waals surface area (Å²) in [5, 5.41) is 14.0. The minimum absolute atomic E-state index is 0.0152. The number of aromatic nitrogens is 1. The molecule has 5 nitrogen and oxygen atoms in total. The van der Waals surface area contributed by atoms with Crippen LogP contribution in [0.5, 0.6) is 0 Å². The Kier molecular flexibility index (Phi) is 5.15. The molecule has 0 aliphatic rings. The maximum Gasteiger partial charge on any atom is 0.355 e. The molecule has 1 aromatic carbocycles. The first kappa shape index (κ1) is 16.5. The van der Waals surface area contributed by atoms with Crippen LogP contribution >= 0.6 is 22.9 Å². The van der Waals surface area contributed by atoms with Crippen LogP contribution < -0.4 is 5.32 Å². The summed E-state index contributed by atoms with van der Waals surface area (Å²) in [4.78, 5) is 26.7. The van der Waals surface area contributed by atoms with Gasteiger partial charge in [0, 0.05) is 16.0 Å². The largest absolute Gasteiger partial charge is 0.476 e. The first-order valence-electron chi connectivity index (χ1n) is 6.64. The predicted molar refractivity (Wildman–Crippen MR) is 85.8 cm³/mol. The van der Waals surface area contributed by atoms with Gasteiger partial charge in [-0.3, -0.25) is 4.79 Å². The summed E-state index contributed by atoms with van der Waals surface area (Å²) in [6.07, 6.45) is 0. The molecule has 0 spiro atoms. The molecule has 22 heavy (non-hydrogen) atoms. The Balaban J connectivity index is 2.02. The molecule has 0 aliphatic carbocycles. The van der Waals surface area contributed by atoms with Crippen LogP contribution in [-0.2, 0) is 6.54 Å². The number of aromatic carboxylic acids is 1. The van der Waals surface area contributed by atoms with E-state index in [1.54, 1.807) is 12.1 Å². The molecule has 1 amide bonds. The van der Waals surface area contributed by atoms with Gasteiger partial charge in [-0.1, -0.05) is 31.5 Å². The van der Waals surface area contributed by atoms with E-state index in [-0.39, 0.29) is 24.1 Å². The minimum atomic E-state index is -1.08. The van der Waals surface area contributed by atoms with Gasteiger partial charge < -0.3 is 10.4 Å². The Hall–Kier alpha value is -1.92. The second-order valence-corrected chi connectivity index (χ2v) is 6.36. The fourth-order valence-corrected chi connectivity index (χ4v) is 2.99. The van der Waals surface area contributed by atoms with Gasteiger partial charge >= 0.3 is 5.97 Å². The van der Waals surface area contributed by atoms with Gasteiger partial charge in [0.05, 0.1) is 6.54 Å². The van der Waals surface area contributed by atoms with E-state index in [4.69, 9.17) is 16.7 Å². The highest BCUT2D eigenvalue weighted by Crippen LogP contribution is 2.25. The topological polar surface area (TPSA) is 79.3 Å². The molecule has 7 heteroatoms. The smallest absolute Gasteiger partial charge is 0.355 e. The second kappa shape index (κ2) is 6.89. The first-order valence-corrected chi connectivity index (χ1v) is 7.89. The normalized spacial score (nSPS) is 10.7. The van der Waals surface area contributed by atoms with Crippen LogP contribution in [-0.4, -0.2) is 22.0 Å². The standard InChI is InChI=1S/C15H15ClN2O3S/c1-8(2)10-4-3-9(5-11(10)16)14(19)17-6-13-18-12(7-22-13)15(20)21/h3-5,7-8H,6H2,1-2H3,(H,17,19)(H,20,21). The molecule has 1 aromatic heterocycles. The maximum absolute atomic E-state index is 12.1. The van der Waals surface area contributed by atoms with E-state index < -0.39 is 5.97 Å². The number of amides is 1. The Bertz CT molecular complexity index is 713. The second-order valence-electron chi connectivity index (χ2n) is 5.01. The SMILES string of the molecule is CC(C)c1ccc(C(=O)NCc2nc(C(=O)O)cs2)cc1Cl. The fraction of sp³-hybridized carbons (Fsp3) is 0.267. The Labute approximate surface area is 137 Å². The number of halogens is 1. The van der Waals surface area contributed by atoms with Gasteiger partial charge in [-0.05, 0) is 23.6 Å². The van der Waals surface area contributed by atoms with Crippen molar-refractivity contribution in [3.05, 3.63) is 50.4 Å². The van der Waals surface area contributed by atoms with Crippen molar-refractivity contribution in [3.63, 3.8) is 0 Å². The number of hydrogen-bond donors (Lipinski definition) is 2. The Morgan fingerprint density at radius 2 is 2.14 bits per heavy atom. The third-order valence-corrected chi connectivity index (χ3v) is 4.23. The number of nitrogens with one attached hydrogen (secondary N) is 1. The predicted octanol–water partition coefficient (Wildman–Crippen LogP) is 3.55. The van der Waals surface area contributed by atoms with E-state index in [0.29, 0.717) is 15.6 Å². The zero-order valence-corrected chi connectivity index (χ0v) is 13.7. The molecule has 0 fully saturated rings. The van der Waals surface area contributed by atoms with Gasteiger partial charge in [0.2, 0.25) is 0 Å². The highest BCUT2D eigenvalue weighted by atomic mass is 35.5. The molecule has 0 bridgehead atoms. The fourth-order valence-electron chi connectivity index (χ4n) is 1.88. The van der Waals surface area contributed by atoms with Crippen LogP contribution in [0.2, 0.25) is 5.02 Å². The molecule has 2 aromatic rings. The zero-order valence-electron chi connectivity index (χ0n) is 12.1. The molecule has 0 saturated carbocycles. The lowest BCUT2D eigenvalue weighted by molar-refractivity contribution is 0.0691. The monoisotopic (exact) mass is 338 g/mol. The van der Waals surface area contributed by atoms with Gasteiger partial charge in [-0.15, -0.1) is 11.3 Å². The van der Waals surface area contributed by atoms with Crippen molar-refractivity contribution in [2.75, 3.05) is 0 Å². The molecule has 2 N–H and O–H groups in total. The Morgan fingerprint density at radius 1 is 1.41 bits per heavy atom. The number of rotatable bonds is 5. The third-order valence-electron chi connectivity index (χ3n) is 3.06. The average molecular weight is 339 g/mol. The average Bonchev–Trinajstić information content (AvgIpc) is 2.93. The minimum Gasteiger partial charge on any atom is -0.476 e. The van der Waals surface area contributed by atoms with Crippen molar-refractivity contribution >= 4 is 34.8 Å². The van der Waals surface area contributed by atoms with Crippen LogP contribution in [0.3, 0.4) is 0 Å². The lowest BCUT2D eigenvalue weighted by Gasteiger charge is -2.10. The van der Waals surface area contributed by atoms with E-state index in [9.17, 15) is 9.59 Å². The molecule has 0 aliphatic heterocycles. The van der Waals surface area contributed by atoms with Crippen molar-refractivity contribution in [2.24, 2.45) is 0 Å². The van der Waals surface area contributed by atoms with Crippen LogP contribution in [0.4, 0.5) is 0 Å². The van der Waals surface area contributed by atoms with Crippen molar-refractivity contribution in [1.82, 2.24) is 10.3 Å². The lowest BCUT2D eigenvalue weighted by Crippen LogP contribution is -2.22. The van der Waals surface area contributed by atoms with Crippen LogP contribution in [0.1, 0.15) is 51.2 Å². The highest BCUT2D eigenvalue weighted by Gasteiger charge is 2.12. The van der Waals surface area contributed by atoms with E-state index in [1.807, 2.05) is 19.9 Å². The van der Waals surface area contributed by atoms with Gasteiger partial charge in [-0.2, -0.15) is 0 Å². The van der Waals surface area contributed by atoms with Crippen molar-refractivity contribution in [1.29, 1.82) is 0 Å². The number of carbonyl (C=O) groups excluding carboxylic acids is 1. The number of benzene rings is 1. The molecule has 0 unspecified atom stereocenters. The number of thiazole rings is 1. The summed E-state index contributed by atoms with van der Waals surface area (Å²) in [7, 11) is 0. The van der Waals surface area contributed by atoms with E-state index in [1.165, 1.54) is 16.7 Å². The molecular weight excluding hydrogens is 324 g/mol. The van der Waals surface area contributed by atoms with E-state index in [0.717, 1.165) is 5.56 Å². The summed E-state index contributed by atoms with van der Waals surface area (Å²) < 4.78 is 0. The van der Waals surface area contributed by atoms with Crippen molar-refractivity contribution in [2.45, 2.75) is 26.3 Å². The van der Waals surface area contributed by atoms with Crippen molar-refractivity contribution < 1.29 is 14.7 Å².